The number of aryl methyl sites for hydroxylation is 1. The van der Waals surface area contributed by atoms with Gasteiger partial charge in [-0.3, -0.25) is 0 Å². The number of nitrogens with zero attached hydrogens (tertiary/aromatic N) is 3. The van der Waals surface area contributed by atoms with Crippen molar-refractivity contribution in [2.75, 3.05) is 20.8 Å². The van der Waals surface area contributed by atoms with Gasteiger partial charge in [0.2, 0.25) is 0 Å². The fourth-order valence-electron chi connectivity index (χ4n) is 2.80. The third-order valence-electron chi connectivity index (χ3n) is 4.45. The summed E-state index contributed by atoms with van der Waals surface area (Å²) in [5, 5.41) is 4.27. The molecule has 1 N–H and O–H groups in total. The van der Waals surface area contributed by atoms with E-state index in [4.69, 9.17) is 21.7 Å². The lowest BCUT2D eigenvalue weighted by Gasteiger charge is -2.27. The number of hydrogen-bond acceptors (Lipinski definition) is 4. The van der Waals surface area contributed by atoms with Crippen LogP contribution in [0.1, 0.15) is 24.8 Å². The number of methoxy groups -OCH3 is 2. The molecule has 140 valence electrons. The molecule has 0 aliphatic heterocycles. The molecule has 0 spiro atoms. The second kappa shape index (κ2) is 8.89. The molecule has 0 unspecified atom stereocenters. The van der Waals surface area contributed by atoms with Crippen LogP contribution in [0.15, 0.2) is 36.9 Å². The summed E-state index contributed by atoms with van der Waals surface area (Å²) in [5.74, 6) is 1.61. The molecule has 0 saturated heterocycles. The minimum atomic E-state index is 0.538. The molecule has 3 rings (SSSR count). The van der Waals surface area contributed by atoms with E-state index in [0.29, 0.717) is 12.6 Å². The Morgan fingerprint density at radius 3 is 2.85 bits per heavy atom. The van der Waals surface area contributed by atoms with Crippen LogP contribution in [0.4, 0.5) is 0 Å². The van der Waals surface area contributed by atoms with Gasteiger partial charge in [-0.15, -0.1) is 0 Å². The van der Waals surface area contributed by atoms with Crippen molar-refractivity contribution < 1.29 is 9.47 Å². The van der Waals surface area contributed by atoms with Gasteiger partial charge in [0.15, 0.2) is 5.11 Å². The Labute approximate surface area is 160 Å². The summed E-state index contributed by atoms with van der Waals surface area (Å²) in [6.07, 6.45) is 9.03. The van der Waals surface area contributed by atoms with Crippen LogP contribution in [-0.2, 0) is 13.1 Å². The molecular weight excluding hydrogens is 348 g/mol. The Balaban J connectivity index is 1.66. The van der Waals surface area contributed by atoms with Crippen LogP contribution in [-0.4, -0.2) is 46.4 Å². The molecule has 1 aromatic carbocycles. The Morgan fingerprint density at radius 2 is 2.19 bits per heavy atom. The van der Waals surface area contributed by atoms with Crippen LogP contribution in [0.5, 0.6) is 11.5 Å². The van der Waals surface area contributed by atoms with Gasteiger partial charge in [-0.1, -0.05) is 0 Å². The highest BCUT2D eigenvalue weighted by Gasteiger charge is 2.24. The first-order valence-corrected chi connectivity index (χ1v) is 9.32. The zero-order valence-electron chi connectivity index (χ0n) is 15.4. The maximum absolute atomic E-state index is 5.66. The lowest BCUT2D eigenvalue weighted by molar-refractivity contribution is 0.360. The van der Waals surface area contributed by atoms with Crippen molar-refractivity contribution in [1.29, 1.82) is 0 Å². The van der Waals surface area contributed by atoms with E-state index in [-0.39, 0.29) is 0 Å². The van der Waals surface area contributed by atoms with E-state index in [9.17, 15) is 0 Å². The number of ether oxygens (including phenoxy) is 2. The van der Waals surface area contributed by atoms with Gasteiger partial charge in [-0.25, -0.2) is 4.98 Å². The number of hydrogen-bond donors (Lipinski definition) is 1. The Morgan fingerprint density at radius 1 is 1.35 bits per heavy atom. The third kappa shape index (κ3) is 5.11. The topological polar surface area (TPSA) is 51.5 Å². The van der Waals surface area contributed by atoms with Crippen molar-refractivity contribution >= 4 is 17.3 Å². The summed E-state index contributed by atoms with van der Waals surface area (Å²) in [6, 6.07) is 6.45. The molecule has 0 radical (unpaired) electrons. The first-order valence-electron chi connectivity index (χ1n) is 8.91. The van der Waals surface area contributed by atoms with Gasteiger partial charge in [0.05, 0.1) is 20.5 Å². The van der Waals surface area contributed by atoms with E-state index < -0.39 is 0 Å². The molecule has 0 bridgehead atoms. The standard InChI is InChI=1S/C19H26N4O2S/c1-24-17-7-4-15(18(12-17)25-2)13-23(19(26)21-16-5-6-16)10-3-9-22-11-8-20-14-22/h4,7-8,11-12,14,16H,3,5-6,9-10,13H2,1-2H3,(H,21,26). The average Bonchev–Trinajstić information content (AvgIpc) is 3.32. The highest BCUT2D eigenvalue weighted by atomic mass is 32.1. The van der Waals surface area contributed by atoms with Gasteiger partial charge in [0.1, 0.15) is 11.5 Å². The minimum Gasteiger partial charge on any atom is -0.497 e. The van der Waals surface area contributed by atoms with Crippen molar-refractivity contribution in [1.82, 2.24) is 19.8 Å². The predicted octanol–water partition coefficient (Wildman–Crippen LogP) is 2.83. The van der Waals surface area contributed by atoms with E-state index in [1.165, 1.54) is 12.8 Å². The van der Waals surface area contributed by atoms with Crippen molar-refractivity contribution in [3.8, 4) is 11.5 Å². The highest BCUT2D eigenvalue weighted by Crippen LogP contribution is 2.26. The number of imidazole rings is 1. The molecule has 26 heavy (non-hydrogen) atoms. The largest absolute Gasteiger partial charge is 0.497 e. The summed E-state index contributed by atoms with van der Waals surface area (Å²) in [7, 11) is 3.34. The first kappa shape index (κ1) is 18.5. The fourth-order valence-corrected chi connectivity index (χ4v) is 3.12. The second-order valence-electron chi connectivity index (χ2n) is 6.48. The van der Waals surface area contributed by atoms with Crippen molar-refractivity contribution in [2.45, 2.75) is 38.4 Å². The molecular formula is C19H26N4O2S. The smallest absolute Gasteiger partial charge is 0.169 e. The Hall–Kier alpha value is -2.28. The molecule has 1 fully saturated rings. The molecule has 1 saturated carbocycles. The maximum Gasteiger partial charge on any atom is 0.169 e. The first-order chi connectivity index (χ1) is 12.7. The molecule has 0 atom stereocenters. The quantitative estimate of drug-likeness (QED) is 0.681. The molecule has 1 aliphatic rings. The van der Waals surface area contributed by atoms with Crippen LogP contribution in [0.2, 0.25) is 0 Å². The third-order valence-corrected chi connectivity index (χ3v) is 4.83. The van der Waals surface area contributed by atoms with Crippen LogP contribution in [0.25, 0.3) is 0 Å². The van der Waals surface area contributed by atoms with Crippen molar-refractivity contribution in [2.24, 2.45) is 0 Å². The van der Waals surface area contributed by atoms with E-state index in [2.05, 4.69) is 19.8 Å². The van der Waals surface area contributed by atoms with Gasteiger partial charge in [0.25, 0.3) is 0 Å². The number of aromatic nitrogens is 2. The molecule has 7 heteroatoms. The summed E-state index contributed by atoms with van der Waals surface area (Å²) in [4.78, 5) is 6.31. The Bertz CT molecular complexity index is 716. The van der Waals surface area contributed by atoms with E-state index in [0.717, 1.165) is 41.7 Å². The lowest BCUT2D eigenvalue weighted by Crippen LogP contribution is -2.41. The predicted molar refractivity (Wildman–Crippen MR) is 106 cm³/mol. The van der Waals surface area contributed by atoms with Gasteiger partial charge in [-0.2, -0.15) is 0 Å². The van der Waals surface area contributed by atoms with Crippen LogP contribution >= 0.6 is 12.2 Å². The van der Waals surface area contributed by atoms with Gasteiger partial charge in [0, 0.05) is 49.7 Å². The SMILES string of the molecule is COc1ccc(CN(CCCn2ccnc2)C(=S)NC2CC2)c(OC)c1. The van der Waals surface area contributed by atoms with Crippen LogP contribution < -0.4 is 14.8 Å². The molecule has 1 heterocycles. The van der Waals surface area contributed by atoms with E-state index >= 15 is 0 Å². The average molecular weight is 375 g/mol. The van der Waals surface area contributed by atoms with Crippen molar-refractivity contribution in [3.05, 3.63) is 42.5 Å². The number of thiocarbonyl (C=S) groups is 1. The normalized spacial score (nSPS) is 13.3. The zero-order valence-corrected chi connectivity index (χ0v) is 16.2. The maximum atomic E-state index is 5.66. The lowest BCUT2D eigenvalue weighted by atomic mass is 10.1. The fraction of sp³-hybridized carbons (Fsp3) is 0.474. The van der Waals surface area contributed by atoms with Crippen molar-refractivity contribution in [3.63, 3.8) is 0 Å². The molecule has 0 amide bonds. The number of rotatable bonds is 9. The highest BCUT2D eigenvalue weighted by molar-refractivity contribution is 7.80. The second-order valence-corrected chi connectivity index (χ2v) is 6.86. The molecule has 1 aliphatic carbocycles. The molecule has 2 aromatic rings. The number of nitrogens with one attached hydrogen (secondary N) is 1. The minimum absolute atomic E-state index is 0.538. The number of benzene rings is 1. The summed E-state index contributed by atoms with van der Waals surface area (Å²) in [5.41, 5.74) is 1.09. The Kier molecular flexibility index (Phi) is 6.33. The summed E-state index contributed by atoms with van der Waals surface area (Å²) < 4.78 is 12.9. The van der Waals surface area contributed by atoms with Crippen LogP contribution in [0, 0.1) is 0 Å². The summed E-state index contributed by atoms with van der Waals surface area (Å²) >= 11 is 5.66. The molecule has 1 aromatic heterocycles. The molecule has 6 nitrogen and oxygen atoms in total. The van der Waals surface area contributed by atoms with E-state index in [1.807, 2.05) is 30.7 Å². The van der Waals surface area contributed by atoms with Gasteiger partial charge >= 0.3 is 0 Å². The zero-order chi connectivity index (χ0) is 18.4. The summed E-state index contributed by atoms with van der Waals surface area (Å²) in [6.45, 7) is 2.49. The van der Waals surface area contributed by atoms with E-state index in [1.54, 1.807) is 20.4 Å². The monoisotopic (exact) mass is 374 g/mol. The van der Waals surface area contributed by atoms with Gasteiger partial charge in [-0.05, 0) is 43.6 Å². The van der Waals surface area contributed by atoms with Crippen LogP contribution in [0.3, 0.4) is 0 Å². The van der Waals surface area contributed by atoms with Gasteiger partial charge < -0.3 is 24.3 Å².